The molecule has 0 amide bonds. The maximum absolute atomic E-state index is 8.58. The molecular formula is C123H98BBr3N2O2. The lowest BCUT2D eigenvalue weighted by Crippen LogP contribution is -2.29. The van der Waals surface area contributed by atoms with Gasteiger partial charge in [0.05, 0.1) is 0 Å². The topological polar surface area (TPSA) is 55.7 Å². The van der Waals surface area contributed by atoms with E-state index in [1.54, 1.807) is 24.3 Å². The van der Waals surface area contributed by atoms with E-state index in [-0.39, 0.29) is 27.1 Å². The predicted molar refractivity (Wildman–Crippen MR) is 568 cm³/mol. The summed E-state index contributed by atoms with van der Waals surface area (Å²) in [7, 11) is -1.34. The molecule has 8 heteroatoms. The van der Waals surface area contributed by atoms with Crippen molar-refractivity contribution >= 4 is 153 Å². The molecule has 0 unspecified atom stereocenters. The number of hydrogen-bond donors (Lipinski definition) is 3. The Kier molecular flexibility index (Phi) is 21.4. The quantitative estimate of drug-likeness (QED) is 0.0943. The molecule has 636 valence electrons. The minimum Gasteiger partial charge on any atom is -0.423 e. The number of halogens is 3. The third kappa shape index (κ3) is 14.9. The first-order valence-electron chi connectivity index (χ1n) is 45.3. The molecule has 0 fully saturated rings. The van der Waals surface area contributed by atoms with Crippen molar-refractivity contribution in [2.24, 2.45) is 0 Å². The van der Waals surface area contributed by atoms with Gasteiger partial charge in [-0.2, -0.15) is 0 Å². The molecule has 131 heavy (non-hydrogen) atoms. The van der Waals surface area contributed by atoms with E-state index in [4.69, 9.17) is 10.0 Å². The minimum atomic E-state index is -1.34. The highest BCUT2D eigenvalue weighted by Gasteiger charge is 2.41. The number of benzene rings is 20. The lowest BCUT2D eigenvalue weighted by Gasteiger charge is -2.30. The summed E-state index contributed by atoms with van der Waals surface area (Å²) in [5, 5.41) is 37.1. The standard InChI is InChI=1S/C50H39N.C27H23N.C23H17Br.C17H12Br2.C6H7BO2/c1-49(2)43-18-12-11-17-41(43)42-26-25-39(30-44(42)49)51(38-23-21-34(22-24-38)32-13-7-5-8-14-32)40-28-36-20-19-35-27-37(33-15-9-6-10-16-33)29-45-47(35)48(36)46(31-40)50(45,3)4;1-27(2)25-11-7-6-10-23(25)24-17-16-22(18-26(24)27)28-21-14-12-20(13-15-21)19-8-4-3-5-9-19;1-23(2)19-12-17(14-6-4-3-5-7-14)10-15-8-9-16-11-18(24)13-20(23)22(16)21(15)19;1-17(2)13-7-11(18)5-9-3-4-10-6-12(19)8-14(17)16(10)15(9)13;8-7(9)6-4-2-1-3-5-6/h5-31H,1-4H3;3-18,28H,1-2H3;3-13H,1-2H3;3-8H,1-2H3;1-5,8-9H. The second kappa shape index (κ2) is 33.1. The van der Waals surface area contributed by atoms with E-state index in [1.165, 1.54) is 198 Å². The Labute approximate surface area is 793 Å². The Balaban J connectivity index is 0.000000109. The number of nitrogens with zero attached hydrogens (tertiary/aromatic N) is 1. The van der Waals surface area contributed by atoms with Gasteiger partial charge in [-0.25, -0.2) is 0 Å². The van der Waals surface area contributed by atoms with E-state index < -0.39 is 7.12 Å². The molecular weight excluding hydrogens is 1790 g/mol. The van der Waals surface area contributed by atoms with E-state index in [0.29, 0.717) is 5.46 Å². The summed E-state index contributed by atoms with van der Waals surface area (Å²) in [5.41, 5.74) is 35.7. The third-order valence-electron chi connectivity index (χ3n) is 28.5. The highest BCUT2D eigenvalue weighted by Crippen LogP contribution is 2.58. The normalized spacial score (nSPS) is 14.2. The summed E-state index contributed by atoms with van der Waals surface area (Å²) in [6.45, 7) is 23.5. The van der Waals surface area contributed by atoms with Gasteiger partial charge in [0.25, 0.3) is 0 Å². The molecule has 0 spiro atoms. The average molecular weight is 1890 g/mol. The van der Waals surface area contributed by atoms with Crippen molar-refractivity contribution in [2.45, 2.75) is 96.3 Å². The fourth-order valence-electron chi connectivity index (χ4n) is 21.6. The van der Waals surface area contributed by atoms with Crippen LogP contribution >= 0.6 is 47.8 Å². The molecule has 0 bridgehead atoms. The monoisotopic (exact) mass is 1880 g/mol. The van der Waals surface area contributed by atoms with Crippen LogP contribution < -0.4 is 15.7 Å². The van der Waals surface area contributed by atoms with Crippen molar-refractivity contribution in [3.8, 4) is 66.8 Å². The Morgan fingerprint density at radius 2 is 0.496 bits per heavy atom. The fraction of sp³-hybridized carbons (Fsp3) is 0.122. The van der Waals surface area contributed by atoms with Gasteiger partial charge in [0, 0.05) is 68.9 Å². The van der Waals surface area contributed by atoms with Crippen LogP contribution in [-0.4, -0.2) is 17.2 Å². The molecule has 5 aliphatic carbocycles. The molecule has 0 saturated carbocycles. The Bertz CT molecular complexity index is 7860. The van der Waals surface area contributed by atoms with Crippen LogP contribution in [0, 0.1) is 0 Å². The number of anilines is 5. The molecule has 5 aliphatic rings. The lowest BCUT2D eigenvalue weighted by atomic mass is 9.80. The third-order valence-corrected chi connectivity index (χ3v) is 29.9. The second-order valence-corrected chi connectivity index (χ2v) is 41.0. The zero-order chi connectivity index (χ0) is 90.1. The molecule has 0 atom stereocenters. The smallest absolute Gasteiger partial charge is 0.423 e. The molecule has 0 heterocycles. The number of nitrogens with one attached hydrogen (secondary N) is 1. The van der Waals surface area contributed by atoms with E-state index in [9.17, 15) is 0 Å². The molecule has 0 saturated heterocycles. The second-order valence-electron chi connectivity index (χ2n) is 38.2. The zero-order valence-electron chi connectivity index (χ0n) is 75.1. The van der Waals surface area contributed by atoms with Gasteiger partial charge in [0.15, 0.2) is 0 Å². The molecule has 3 N–H and O–H groups in total. The van der Waals surface area contributed by atoms with Crippen molar-refractivity contribution in [2.75, 3.05) is 10.2 Å². The van der Waals surface area contributed by atoms with Crippen molar-refractivity contribution in [3.63, 3.8) is 0 Å². The Hall–Kier alpha value is -13.0. The summed E-state index contributed by atoms with van der Waals surface area (Å²) in [6.07, 6.45) is 0. The van der Waals surface area contributed by atoms with Crippen LogP contribution in [0.15, 0.2) is 408 Å². The number of hydrogen-bond acceptors (Lipinski definition) is 4. The molecule has 4 nitrogen and oxygen atoms in total. The van der Waals surface area contributed by atoms with Crippen LogP contribution in [0.2, 0.25) is 0 Å². The van der Waals surface area contributed by atoms with E-state index in [0.717, 1.165) is 30.5 Å². The predicted octanol–water partition coefficient (Wildman–Crippen LogP) is 33.7. The molecule has 20 aromatic rings. The van der Waals surface area contributed by atoms with Gasteiger partial charge in [0.2, 0.25) is 0 Å². The van der Waals surface area contributed by atoms with Crippen LogP contribution in [0.25, 0.3) is 131 Å². The molecule has 0 aromatic heterocycles. The van der Waals surface area contributed by atoms with Gasteiger partial charge in [-0.15, -0.1) is 0 Å². The minimum absolute atomic E-state index is 0.0226. The highest BCUT2D eigenvalue weighted by atomic mass is 79.9. The number of fused-ring (bicyclic) bond motifs is 6. The van der Waals surface area contributed by atoms with Gasteiger partial charge >= 0.3 is 7.12 Å². The maximum atomic E-state index is 8.58. The SMILES string of the molecule is CC1(C)c2cc(Br)cc3ccc4cc(-c5ccccc5)cc1c4c23.CC1(C)c2cc(Br)cc3ccc4cc(Br)cc1c4c23.CC1(C)c2ccccc2-c2ccc(N(c3ccc(-c4ccccc4)cc3)c3cc4c5c(ccc6cc(-c7ccccc7)cc(c65)C4(C)C)c3)cc21.CC1(C)c2ccccc2-c2ccc(Nc3ccc(-c4ccccc4)cc3)cc21.OB(O)c1ccccc1. The van der Waals surface area contributed by atoms with Crippen molar-refractivity contribution in [1.29, 1.82) is 0 Å². The lowest BCUT2D eigenvalue weighted by molar-refractivity contribution is 0.426. The van der Waals surface area contributed by atoms with Crippen molar-refractivity contribution < 1.29 is 10.0 Å². The van der Waals surface area contributed by atoms with Crippen LogP contribution in [0.4, 0.5) is 28.4 Å². The summed E-state index contributed by atoms with van der Waals surface area (Å²) in [5.74, 6) is 0. The molecule has 20 aromatic carbocycles. The fourth-order valence-corrected chi connectivity index (χ4v) is 23.1. The van der Waals surface area contributed by atoms with Crippen molar-refractivity contribution in [3.05, 3.63) is 463 Å². The van der Waals surface area contributed by atoms with Crippen LogP contribution in [-0.2, 0) is 27.1 Å². The van der Waals surface area contributed by atoms with E-state index in [2.05, 4.69) is 485 Å². The largest absolute Gasteiger partial charge is 0.488 e. The summed E-state index contributed by atoms with van der Waals surface area (Å²) < 4.78 is 3.48. The van der Waals surface area contributed by atoms with Gasteiger partial charge in [0.1, 0.15) is 0 Å². The maximum Gasteiger partial charge on any atom is 0.488 e. The first-order valence-corrected chi connectivity index (χ1v) is 47.7. The first kappa shape index (κ1) is 84.8. The zero-order valence-corrected chi connectivity index (χ0v) is 79.8. The Morgan fingerprint density at radius 1 is 0.214 bits per heavy atom. The van der Waals surface area contributed by atoms with Crippen LogP contribution in [0.1, 0.15) is 125 Å². The van der Waals surface area contributed by atoms with Crippen LogP contribution in [0.3, 0.4) is 0 Å². The Morgan fingerprint density at radius 3 is 0.893 bits per heavy atom. The molecule has 25 rings (SSSR count). The van der Waals surface area contributed by atoms with Gasteiger partial charge < -0.3 is 20.3 Å². The summed E-state index contributed by atoms with van der Waals surface area (Å²) >= 11 is 11.0. The summed E-state index contributed by atoms with van der Waals surface area (Å²) in [4.78, 5) is 2.47. The van der Waals surface area contributed by atoms with Crippen molar-refractivity contribution in [1.82, 2.24) is 0 Å². The molecule has 0 radical (unpaired) electrons. The van der Waals surface area contributed by atoms with E-state index >= 15 is 0 Å². The summed E-state index contributed by atoms with van der Waals surface area (Å²) in [6, 6.07) is 142. The molecule has 0 aliphatic heterocycles. The van der Waals surface area contributed by atoms with E-state index in [1.807, 2.05) is 12.1 Å². The number of rotatable bonds is 10. The van der Waals surface area contributed by atoms with Gasteiger partial charge in [-0.05, 0) is 314 Å². The highest BCUT2D eigenvalue weighted by molar-refractivity contribution is 9.11. The average Bonchev–Trinajstić information content (AvgIpc) is 1.55. The van der Waals surface area contributed by atoms with Gasteiger partial charge in [-0.3, -0.25) is 0 Å². The van der Waals surface area contributed by atoms with Crippen LogP contribution in [0.5, 0.6) is 0 Å². The first-order chi connectivity index (χ1) is 63.3. The van der Waals surface area contributed by atoms with Gasteiger partial charge in [-0.1, -0.05) is 390 Å².